The van der Waals surface area contributed by atoms with Gasteiger partial charge in [-0.05, 0) is 37.1 Å². The van der Waals surface area contributed by atoms with Crippen LogP contribution < -0.4 is 10.2 Å². The Morgan fingerprint density at radius 2 is 1.88 bits per heavy atom. The zero-order valence-corrected chi connectivity index (χ0v) is 13.9. The third-order valence-corrected chi connectivity index (χ3v) is 4.61. The normalized spacial score (nSPS) is 21.6. The van der Waals surface area contributed by atoms with E-state index in [4.69, 9.17) is 4.74 Å². The van der Waals surface area contributed by atoms with Crippen LogP contribution in [-0.2, 0) is 14.3 Å². The summed E-state index contributed by atoms with van der Waals surface area (Å²) in [7, 11) is 1.65. The van der Waals surface area contributed by atoms with E-state index in [0.717, 1.165) is 17.7 Å². The van der Waals surface area contributed by atoms with Gasteiger partial charge in [0.05, 0.1) is 18.2 Å². The van der Waals surface area contributed by atoms with Gasteiger partial charge in [0.1, 0.15) is 11.9 Å². The number of rotatable bonds is 4. The molecule has 7 nitrogen and oxygen atoms in total. The van der Waals surface area contributed by atoms with Crippen molar-refractivity contribution in [2.75, 3.05) is 25.1 Å². The summed E-state index contributed by atoms with van der Waals surface area (Å²) in [4.78, 5) is 39.6. The van der Waals surface area contributed by atoms with E-state index < -0.39 is 23.8 Å². The molecule has 2 heterocycles. The van der Waals surface area contributed by atoms with Crippen LogP contribution in [0.2, 0.25) is 0 Å². The van der Waals surface area contributed by atoms with E-state index in [-0.39, 0.29) is 24.1 Å². The minimum Gasteiger partial charge on any atom is -0.381 e. The molecule has 0 bridgehead atoms. The molecule has 4 amide bonds. The highest BCUT2D eigenvalue weighted by Crippen LogP contribution is 2.22. The lowest BCUT2D eigenvalue weighted by molar-refractivity contribution is -0.135. The number of amides is 4. The number of anilines is 1. The van der Waals surface area contributed by atoms with E-state index in [1.54, 1.807) is 12.0 Å². The molecule has 3 rings (SSSR count). The van der Waals surface area contributed by atoms with Crippen molar-refractivity contribution in [1.82, 2.24) is 10.2 Å². The molecule has 1 aromatic rings. The number of imide groups is 1. The zero-order valence-electron chi connectivity index (χ0n) is 13.9. The monoisotopic (exact) mass is 349 g/mol. The van der Waals surface area contributed by atoms with Crippen molar-refractivity contribution in [2.45, 2.75) is 31.4 Å². The number of hydrogen-bond donors (Lipinski definition) is 1. The molecule has 2 aliphatic rings. The predicted molar refractivity (Wildman–Crippen MR) is 87.4 cm³/mol. The molecular weight excluding hydrogens is 329 g/mol. The van der Waals surface area contributed by atoms with Crippen LogP contribution in [0.15, 0.2) is 24.3 Å². The Morgan fingerprint density at radius 3 is 2.48 bits per heavy atom. The van der Waals surface area contributed by atoms with Gasteiger partial charge < -0.3 is 15.0 Å². The molecule has 0 radical (unpaired) electrons. The maximum Gasteiger partial charge on any atom is 0.329 e. The number of ether oxygens (including phenoxy) is 1. The molecule has 1 atom stereocenters. The Bertz CT molecular complexity index is 671. The third kappa shape index (κ3) is 3.63. The zero-order chi connectivity index (χ0) is 18.0. The molecule has 2 fully saturated rings. The van der Waals surface area contributed by atoms with Gasteiger partial charge in [-0.15, -0.1) is 0 Å². The first-order valence-electron chi connectivity index (χ1n) is 8.20. The topological polar surface area (TPSA) is 79.0 Å². The number of piperidine rings is 1. The summed E-state index contributed by atoms with van der Waals surface area (Å²) in [5, 5.41) is 2.53. The van der Waals surface area contributed by atoms with Crippen molar-refractivity contribution in [2.24, 2.45) is 0 Å². The molecule has 0 spiro atoms. The fourth-order valence-corrected chi connectivity index (χ4v) is 3.15. The van der Waals surface area contributed by atoms with Crippen molar-refractivity contribution in [3.8, 4) is 0 Å². The summed E-state index contributed by atoms with van der Waals surface area (Å²) < 4.78 is 18.3. The SMILES string of the molecule is COC1CCN(C(=O)C[C@@H]2NC(=O)N(c3ccc(F)cc3)C2=O)CC1. The summed E-state index contributed by atoms with van der Waals surface area (Å²) in [6, 6.07) is 3.56. The number of hydrogen-bond acceptors (Lipinski definition) is 4. The molecule has 1 aromatic carbocycles. The average Bonchev–Trinajstić information content (AvgIpc) is 2.89. The molecule has 1 N–H and O–H groups in total. The van der Waals surface area contributed by atoms with E-state index in [2.05, 4.69) is 5.32 Å². The van der Waals surface area contributed by atoms with Crippen molar-refractivity contribution in [3.05, 3.63) is 30.1 Å². The maximum absolute atomic E-state index is 13.0. The van der Waals surface area contributed by atoms with Crippen LogP contribution in [-0.4, -0.2) is 55.1 Å². The van der Waals surface area contributed by atoms with E-state index in [1.165, 1.54) is 24.3 Å². The van der Waals surface area contributed by atoms with E-state index in [0.29, 0.717) is 13.1 Å². The van der Waals surface area contributed by atoms with Crippen molar-refractivity contribution >= 4 is 23.5 Å². The Hall–Kier alpha value is -2.48. The van der Waals surface area contributed by atoms with Gasteiger partial charge in [-0.1, -0.05) is 0 Å². The lowest BCUT2D eigenvalue weighted by Gasteiger charge is -2.31. The van der Waals surface area contributed by atoms with Gasteiger partial charge in [0.25, 0.3) is 5.91 Å². The van der Waals surface area contributed by atoms with Crippen LogP contribution in [0, 0.1) is 5.82 Å². The highest BCUT2D eigenvalue weighted by Gasteiger charge is 2.40. The number of nitrogens with one attached hydrogen (secondary N) is 1. The number of halogens is 1. The number of urea groups is 1. The fraction of sp³-hybridized carbons (Fsp3) is 0.471. The van der Waals surface area contributed by atoms with Gasteiger partial charge in [0.15, 0.2) is 0 Å². The highest BCUT2D eigenvalue weighted by molar-refractivity contribution is 6.22. The standard InChI is InChI=1S/C17H20FN3O4/c1-25-13-6-8-20(9-7-13)15(22)10-14-16(23)21(17(24)19-14)12-4-2-11(18)3-5-12/h2-5,13-14H,6-10H2,1H3,(H,19,24)/t14-/m0/s1. The van der Waals surface area contributed by atoms with Gasteiger partial charge >= 0.3 is 6.03 Å². The second-order valence-electron chi connectivity index (χ2n) is 6.17. The Balaban J connectivity index is 1.62. The molecule has 0 unspecified atom stereocenters. The molecule has 25 heavy (non-hydrogen) atoms. The second kappa shape index (κ2) is 7.18. The molecule has 2 saturated heterocycles. The molecule has 134 valence electrons. The maximum atomic E-state index is 13.0. The second-order valence-corrected chi connectivity index (χ2v) is 6.17. The van der Waals surface area contributed by atoms with Crippen molar-refractivity contribution < 1.29 is 23.5 Å². The number of carbonyl (C=O) groups is 3. The quantitative estimate of drug-likeness (QED) is 0.831. The smallest absolute Gasteiger partial charge is 0.329 e. The number of likely N-dealkylation sites (tertiary alicyclic amines) is 1. The summed E-state index contributed by atoms with van der Waals surface area (Å²) in [6.45, 7) is 1.15. The molecule has 0 saturated carbocycles. The molecule has 0 aliphatic carbocycles. The lowest BCUT2D eigenvalue weighted by atomic mass is 10.1. The first-order valence-corrected chi connectivity index (χ1v) is 8.20. The first-order chi connectivity index (χ1) is 12.0. The molecule has 0 aromatic heterocycles. The molecule has 8 heteroatoms. The van der Waals surface area contributed by atoms with Gasteiger partial charge in [-0.25, -0.2) is 14.1 Å². The largest absolute Gasteiger partial charge is 0.381 e. The number of benzene rings is 1. The van der Waals surface area contributed by atoms with Crippen molar-refractivity contribution in [1.29, 1.82) is 0 Å². The van der Waals surface area contributed by atoms with Crippen LogP contribution >= 0.6 is 0 Å². The molecular formula is C17H20FN3O4. The average molecular weight is 349 g/mol. The summed E-state index contributed by atoms with van der Waals surface area (Å²) in [6.07, 6.45) is 1.59. The van der Waals surface area contributed by atoms with Gasteiger partial charge in [-0.2, -0.15) is 0 Å². The number of carbonyl (C=O) groups excluding carboxylic acids is 3. The minimum absolute atomic E-state index is 0.0834. The summed E-state index contributed by atoms with van der Waals surface area (Å²) in [5.74, 6) is -1.13. The summed E-state index contributed by atoms with van der Waals surface area (Å²) in [5.41, 5.74) is 0.278. The number of nitrogens with zero attached hydrogens (tertiary/aromatic N) is 2. The Labute approximate surface area is 144 Å². The predicted octanol–water partition coefficient (Wildman–Crippen LogP) is 1.28. The van der Waals surface area contributed by atoms with Gasteiger partial charge in [0, 0.05) is 20.2 Å². The first kappa shape index (κ1) is 17.3. The van der Waals surface area contributed by atoms with Crippen LogP contribution in [0.5, 0.6) is 0 Å². The van der Waals surface area contributed by atoms with Gasteiger partial charge in [-0.3, -0.25) is 9.59 Å². The van der Waals surface area contributed by atoms with Crippen LogP contribution in [0.1, 0.15) is 19.3 Å². The van der Waals surface area contributed by atoms with Crippen LogP contribution in [0.25, 0.3) is 0 Å². The lowest BCUT2D eigenvalue weighted by Crippen LogP contribution is -2.44. The van der Waals surface area contributed by atoms with Crippen molar-refractivity contribution in [3.63, 3.8) is 0 Å². The van der Waals surface area contributed by atoms with Crippen LogP contribution in [0.3, 0.4) is 0 Å². The third-order valence-electron chi connectivity index (χ3n) is 4.61. The van der Waals surface area contributed by atoms with Crippen LogP contribution in [0.4, 0.5) is 14.9 Å². The Kier molecular flexibility index (Phi) is 4.98. The fourth-order valence-electron chi connectivity index (χ4n) is 3.15. The minimum atomic E-state index is -0.898. The highest BCUT2D eigenvalue weighted by atomic mass is 19.1. The Morgan fingerprint density at radius 1 is 1.24 bits per heavy atom. The number of methoxy groups -OCH3 is 1. The van der Waals surface area contributed by atoms with E-state index >= 15 is 0 Å². The molecule has 2 aliphatic heterocycles. The van der Waals surface area contributed by atoms with E-state index in [9.17, 15) is 18.8 Å². The van der Waals surface area contributed by atoms with E-state index in [1.807, 2.05) is 0 Å². The van der Waals surface area contributed by atoms with Gasteiger partial charge in [0.2, 0.25) is 5.91 Å². The summed E-state index contributed by atoms with van der Waals surface area (Å²) >= 11 is 0.